The Kier molecular flexibility index (Phi) is 4.66. The Balaban J connectivity index is 2.01. The summed E-state index contributed by atoms with van der Waals surface area (Å²) in [4.78, 5) is 12.2. The van der Waals surface area contributed by atoms with Crippen LogP contribution in [0, 0.1) is 5.92 Å². The van der Waals surface area contributed by atoms with Gasteiger partial charge < -0.3 is 15.8 Å². The quantitative estimate of drug-likeness (QED) is 0.649. The molecule has 0 unspecified atom stereocenters. The number of benzene rings is 1. The van der Waals surface area contributed by atoms with Crippen LogP contribution in [-0.4, -0.2) is 13.0 Å². The van der Waals surface area contributed by atoms with Gasteiger partial charge in [0.15, 0.2) is 0 Å². The van der Waals surface area contributed by atoms with Crippen molar-refractivity contribution in [1.82, 2.24) is 0 Å². The van der Waals surface area contributed by atoms with Crippen LogP contribution in [0.5, 0.6) is 5.75 Å². The van der Waals surface area contributed by atoms with Gasteiger partial charge in [0.05, 0.1) is 18.5 Å². The number of hydrogen-bond acceptors (Lipinski definition) is 3. The number of anilines is 2. The van der Waals surface area contributed by atoms with Crippen LogP contribution in [0.2, 0.25) is 0 Å². The lowest BCUT2D eigenvalue weighted by atomic mass is 9.99. The Bertz CT molecular complexity index is 438. The van der Waals surface area contributed by atoms with Gasteiger partial charge in [-0.25, -0.2) is 0 Å². The molecule has 0 radical (unpaired) electrons. The molecular formula is C15H22N2O2. The van der Waals surface area contributed by atoms with Gasteiger partial charge in [-0.15, -0.1) is 0 Å². The van der Waals surface area contributed by atoms with E-state index in [2.05, 4.69) is 5.32 Å². The highest BCUT2D eigenvalue weighted by molar-refractivity contribution is 5.95. The first-order chi connectivity index (χ1) is 9.20. The third-order valence-corrected chi connectivity index (χ3v) is 3.74. The fourth-order valence-corrected chi connectivity index (χ4v) is 2.56. The second-order valence-electron chi connectivity index (χ2n) is 5.13. The van der Waals surface area contributed by atoms with Crippen LogP contribution in [0.1, 0.15) is 38.5 Å². The molecule has 104 valence electrons. The molecular weight excluding hydrogens is 240 g/mol. The number of methoxy groups -OCH3 is 1. The van der Waals surface area contributed by atoms with Crippen LogP contribution >= 0.6 is 0 Å². The molecule has 1 fully saturated rings. The maximum absolute atomic E-state index is 12.2. The average molecular weight is 262 g/mol. The minimum atomic E-state index is 0.0961. The SMILES string of the molecule is COc1ccc(NC(=O)C2CCCCCC2)c(N)c1. The summed E-state index contributed by atoms with van der Waals surface area (Å²) in [7, 11) is 1.60. The van der Waals surface area contributed by atoms with E-state index in [0.29, 0.717) is 17.1 Å². The van der Waals surface area contributed by atoms with Crippen molar-refractivity contribution in [2.24, 2.45) is 5.92 Å². The van der Waals surface area contributed by atoms with E-state index >= 15 is 0 Å². The van der Waals surface area contributed by atoms with Crippen LogP contribution in [0.15, 0.2) is 18.2 Å². The first-order valence-corrected chi connectivity index (χ1v) is 6.95. The van der Waals surface area contributed by atoms with Crippen molar-refractivity contribution < 1.29 is 9.53 Å². The number of nitrogen functional groups attached to an aromatic ring is 1. The topological polar surface area (TPSA) is 64.3 Å². The van der Waals surface area contributed by atoms with Crippen molar-refractivity contribution in [1.29, 1.82) is 0 Å². The number of amides is 1. The first kappa shape index (κ1) is 13.7. The maximum atomic E-state index is 12.2. The number of hydrogen-bond donors (Lipinski definition) is 2. The van der Waals surface area contributed by atoms with E-state index in [4.69, 9.17) is 10.5 Å². The van der Waals surface area contributed by atoms with Gasteiger partial charge in [-0.1, -0.05) is 25.7 Å². The number of ether oxygens (including phenoxy) is 1. The Morgan fingerprint density at radius 1 is 1.26 bits per heavy atom. The highest BCUT2D eigenvalue weighted by Gasteiger charge is 2.20. The second kappa shape index (κ2) is 6.45. The van der Waals surface area contributed by atoms with E-state index in [1.54, 1.807) is 25.3 Å². The highest BCUT2D eigenvalue weighted by Crippen LogP contribution is 2.27. The van der Waals surface area contributed by atoms with Gasteiger partial charge in [0.2, 0.25) is 5.91 Å². The molecule has 2 rings (SSSR count). The van der Waals surface area contributed by atoms with Gasteiger partial charge in [0, 0.05) is 12.0 Å². The van der Waals surface area contributed by atoms with Gasteiger partial charge in [0.1, 0.15) is 5.75 Å². The third-order valence-electron chi connectivity index (χ3n) is 3.74. The molecule has 19 heavy (non-hydrogen) atoms. The fourth-order valence-electron chi connectivity index (χ4n) is 2.56. The lowest BCUT2D eigenvalue weighted by Crippen LogP contribution is -2.22. The summed E-state index contributed by atoms with van der Waals surface area (Å²) in [6.45, 7) is 0. The molecule has 1 aliphatic carbocycles. The summed E-state index contributed by atoms with van der Waals surface area (Å²) in [6, 6.07) is 5.32. The Hall–Kier alpha value is -1.71. The molecule has 1 aromatic carbocycles. The van der Waals surface area contributed by atoms with E-state index in [0.717, 1.165) is 25.7 Å². The third kappa shape index (κ3) is 3.63. The zero-order valence-corrected chi connectivity index (χ0v) is 11.4. The molecule has 4 nitrogen and oxygen atoms in total. The molecule has 0 heterocycles. The van der Waals surface area contributed by atoms with Crippen LogP contribution in [0.3, 0.4) is 0 Å². The summed E-state index contributed by atoms with van der Waals surface area (Å²) < 4.78 is 5.10. The van der Waals surface area contributed by atoms with Crippen LogP contribution < -0.4 is 15.8 Å². The molecule has 1 saturated carbocycles. The Labute approximate surface area is 114 Å². The molecule has 1 amide bonds. The summed E-state index contributed by atoms with van der Waals surface area (Å²) in [5.74, 6) is 0.924. The predicted octanol–water partition coefficient (Wildman–Crippen LogP) is 3.19. The lowest BCUT2D eigenvalue weighted by molar-refractivity contribution is -0.120. The van der Waals surface area contributed by atoms with Crippen LogP contribution in [0.4, 0.5) is 11.4 Å². The van der Waals surface area contributed by atoms with Crippen molar-refractivity contribution in [3.05, 3.63) is 18.2 Å². The average Bonchev–Trinajstić information content (AvgIpc) is 2.70. The second-order valence-corrected chi connectivity index (χ2v) is 5.13. The van der Waals surface area contributed by atoms with E-state index < -0.39 is 0 Å². The van der Waals surface area contributed by atoms with Gasteiger partial charge >= 0.3 is 0 Å². The lowest BCUT2D eigenvalue weighted by Gasteiger charge is -2.15. The van der Waals surface area contributed by atoms with E-state index in [1.807, 2.05) is 0 Å². The summed E-state index contributed by atoms with van der Waals surface area (Å²) >= 11 is 0. The number of carbonyl (C=O) groups is 1. The summed E-state index contributed by atoms with van der Waals surface area (Å²) in [5.41, 5.74) is 7.13. The normalized spacial score (nSPS) is 16.7. The molecule has 0 atom stereocenters. The van der Waals surface area contributed by atoms with Gasteiger partial charge in [0.25, 0.3) is 0 Å². The zero-order valence-electron chi connectivity index (χ0n) is 11.4. The minimum Gasteiger partial charge on any atom is -0.497 e. The smallest absolute Gasteiger partial charge is 0.227 e. The van der Waals surface area contributed by atoms with E-state index in [1.165, 1.54) is 12.8 Å². The number of carbonyl (C=O) groups excluding carboxylic acids is 1. The largest absolute Gasteiger partial charge is 0.497 e. The van der Waals surface area contributed by atoms with Crippen molar-refractivity contribution in [3.63, 3.8) is 0 Å². The summed E-state index contributed by atoms with van der Waals surface area (Å²) in [5, 5.41) is 2.94. The predicted molar refractivity (Wildman–Crippen MR) is 77.2 cm³/mol. The molecule has 1 aliphatic rings. The van der Waals surface area contributed by atoms with Crippen molar-refractivity contribution in [3.8, 4) is 5.75 Å². The van der Waals surface area contributed by atoms with Gasteiger partial charge in [-0.05, 0) is 25.0 Å². The molecule has 0 aromatic heterocycles. The molecule has 0 spiro atoms. The van der Waals surface area contributed by atoms with Crippen LogP contribution in [-0.2, 0) is 4.79 Å². The zero-order chi connectivity index (χ0) is 13.7. The first-order valence-electron chi connectivity index (χ1n) is 6.95. The number of nitrogens with one attached hydrogen (secondary N) is 1. The Morgan fingerprint density at radius 3 is 2.53 bits per heavy atom. The monoisotopic (exact) mass is 262 g/mol. The Morgan fingerprint density at radius 2 is 1.95 bits per heavy atom. The number of rotatable bonds is 3. The van der Waals surface area contributed by atoms with Crippen LogP contribution in [0.25, 0.3) is 0 Å². The van der Waals surface area contributed by atoms with Gasteiger partial charge in [-0.2, -0.15) is 0 Å². The molecule has 4 heteroatoms. The standard InChI is InChI=1S/C15H22N2O2/c1-19-12-8-9-14(13(16)10-12)17-15(18)11-6-4-2-3-5-7-11/h8-11H,2-7,16H2,1H3,(H,17,18). The number of nitrogens with two attached hydrogens (primary N) is 1. The van der Waals surface area contributed by atoms with Crippen molar-refractivity contribution in [2.45, 2.75) is 38.5 Å². The highest BCUT2D eigenvalue weighted by atomic mass is 16.5. The van der Waals surface area contributed by atoms with E-state index in [-0.39, 0.29) is 11.8 Å². The minimum absolute atomic E-state index is 0.0961. The van der Waals surface area contributed by atoms with Crippen molar-refractivity contribution >= 4 is 17.3 Å². The fraction of sp³-hybridized carbons (Fsp3) is 0.533. The van der Waals surface area contributed by atoms with E-state index in [9.17, 15) is 4.79 Å². The molecule has 1 aromatic rings. The molecule has 0 saturated heterocycles. The van der Waals surface area contributed by atoms with Gasteiger partial charge in [-0.3, -0.25) is 4.79 Å². The molecule has 0 aliphatic heterocycles. The summed E-state index contributed by atoms with van der Waals surface area (Å²) in [6.07, 6.45) is 6.76. The van der Waals surface area contributed by atoms with Crippen molar-refractivity contribution in [2.75, 3.05) is 18.2 Å². The molecule has 0 bridgehead atoms. The molecule has 3 N–H and O–H groups in total. The maximum Gasteiger partial charge on any atom is 0.227 e.